The molecule has 0 aliphatic carbocycles. The van der Waals surface area contributed by atoms with Crippen LogP contribution in [0.4, 0.5) is 4.79 Å². The largest absolute Gasteiger partial charge is 0.444 e. The Morgan fingerprint density at radius 3 is 2.50 bits per heavy atom. The SMILES string of the molecule is CCC(C)(C)CNCC1CCCN1C(=O)OC(C)(C)C. The van der Waals surface area contributed by atoms with E-state index >= 15 is 0 Å². The van der Waals surface area contributed by atoms with Crippen molar-refractivity contribution in [2.75, 3.05) is 19.6 Å². The van der Waals surface area contributed by atoms with E-state index in [1.165, 1.54) is 0 Å². The van der Waals surface area contributed by atoms with Crippen LogP contribution in [0, 0.1) is 5.41 Å². The maximum atomic E-state index is 12.2. The Kier molecular flexibility index (Phi) is 5.87. The number of carbonyl (C=O) groups is 1. The highest BCUT2D eigenvalue weighted by molar-refractivity contribution is 5.69. The molecular weight excluding hydrogens is 252 g/mol. The number of hydrogen-bond acceptors (Lipinski definition) is 3. The summed E-state index contributed by atoms with van der Waals surface area (Å²) in [6.45, 7) is 15.2. The minimum absolute atomic E-state index is 0.170. The first-order valence-corrected chi connectivity index (χ1v) is 7.85. The van der Waals surface area contributed by atoms with Gasteiger partial charge in [0.2, 0.25) is 0 Å². The summed E-state index contributed by atoms with van der Waals surface area (Å²) >= 11 is 0. The molecule has 1 saturated heterocycles. The minimum atomic E-state index is -0.415. The Hall–Kier alpha value is -0.770. The lowest BCUT2D eigenvalue weighted by Crippen LogP contribution is -2.45. The molecule has 1 atom stereocenters. The van der Waals surface area contributed by atoms with Gasteiger partial charge in [0.25, 0.3) is 0 Å². The highest BCUT2D eigenvalue weighted by Crippen LogP contribution is 2.21. The zero-order valence-corrected chi connectivity index (χ0v) is 14.1. The average Bonchev–Trinajstić information content (AvgIpc) is 2.75. The van der Waals surface area contributed by atoms with Crippen molar-refractivity contribution in [1.29, 1.82) is 0 Å². The van der Waals surface area contributed by atoms with Gasteiger partial charge in [-0.3, -0.25) is 0 Å². The van der Waals surface area contributed by atoms with Crippen molar-refractivity contribution in [3.05, 3.63) is 0 Å². The van der Waals surface area contributed by atoms with Gasteiger partial charge in [-0.25, -0.2) is 4.79 Å². The quantitative estimate of drug-likeness (QED) is 0.841. The van der Waals surface area contributed by atoms with Crippen LogP contribution in [0.3, 0.4) is 0 Å². The molecule has 0 aromatic carbocycles. The lowest BCUT2D eigenvalue weighted by atomic mass is 9.90. The smallest absolute Gasteiger partial charge is 0.410 e. The third-order valence-electron chi connectivity index (χ3n) is 3.95. The number of nitrogens with one attached hydrogen (secondary N) is 1. The van der Waals surface area contributed by atoms with E-state index in [1.807, 2.05) is 25.7 Å². The van der Waals surface area contributed by atoms with Crippen LogP contribution in [-0.4, -0.2) is 42.3 Å². The van der Waals surface area contributed by atoms with E-state index in [0.717, 1.165) is 38.9 Å². The van der Waals surface area contributed by atoms with Crippen molar-refractivity contribution >= 4 is 6.09 Å². The highest BCUT2D eigenvalue weighted by Gasteiger charge is 2.32. The molecule has 0 bridgehead atoms. The van der Waals surface area contributed by atoms with Gasteiger partial charge in [-0.1, -0.05) is 20.8 Å². The number of likely N-dealkylation sites (tertiary alicyclic amines) is 1. The molecule has 1 fully saturated rings. The molecule has 1 N–H and O–H groups in total. The summed E-state index contributed by atoms with van der Waals surface area (Å²) in [5.74, 6) is 0. The van der Waals surface area contributed by atoms with Crippen LogP contribution >= 0.6 is 0 Å². The van der Waals surface area contributed by atoms with Gasteiger partial charge in [0.15, 0.2) is 0 Å². The fourth-order valence-corrected chi connectivity index (χ4v) is 2.31. The van der Waals surface area contributed by atoms with E-state index in [1.54, 1.807) is 0 Å². The molecule has 0 saturated carbocycles. The molecular formula is C16H32N2O2. The summed E-state index contributed by atoms with van der Waals surface area (Å²) in [6.07, 6.45) is 3.12. The molecule has 1 heterocycles. The van der Waals surface area contributed by atoms with Gasteiger partial charge < -0.3 is 15.0 Å². The summed E-state index contributed by atoms with van der Waals surface area (Å²) in [5.41, 5.74) is -0.1000. The van der Waals surface area contributed by atoms with Gasteiger partial charge in [-0.2, -0.15) is 0 Å². The summed E-state index contributed by atoms with van der Waals surface area (Å²) < 4.78 is 5.48. The summed E-state index contributed by atoms with van der Waals surface area (Å²) in [4.78, 5) is 14.0. The standard InChI is InChI=1S/C16H32N2O2/c1-7-16(5,6)12-17-11-13-9-8-10-18(13)14(19)20-15(2,3)4/h13,17H,7-12H2,1-6H3. The highest BCUT2D eigenvalue weighted by atomic mass is 16.6. The molecule has 0 spiro atoms. The molecule has 0 radical (unpaired) electrons. The van der Waals surface area contributed by atoms with Crippen molar-refractivity contribution in [3.8, 4) is 0 Å². The van der Waals surface area contributed by atoms with Gasteiger partial charge in [-0.15, -0.1) is 0 Å². The average molecular weight is 284 g/mol. The third kappa shape index (κ3) is 5.70. The molecule has 4 nitrogen and oxygen atoms in total. The fraction of sp³-hybridized carbons (Fsp3) is 0.938. The first kappa shape index (κ1) is 17.3. The monoisotopic (exact) mass is 284 g/mol. The second kappa shape index (κ2) is 6.79. The normalized spacial score (nSPS) is 20.3. The lowest BCUT2D eigenvalue weighted by Gasteiger charge is -2.30. The number of nitrogens with zero attached hydrogens (tertiary/aromatic N) is 1. The maximum absolute atomic E-state index is 12.2. The number of carbonyl (C=O) groups excluding carboxylic acids is 1. The third-order valence-corrected chi connectivity index (χ3v) is 3.95. The molecule has 0 aromatic rings. The van der Waals surface area contributed by atoms with Gasteiger partial charge >= 0.3 is 6.09 Å². The zero-order chi connectivity index (χ0) is 15.4. The zero-order valence-electron chi connectivity index (χ0n) is 14.1. The lowest BCUT2D eigenvalue weighted by molar-refractivity contribution is 0.0225. The molecule has 118 valence electrons. The Morgan fingerprint density at radius 2 is 1.95 bits per heavy atom. The Balaban J connectivity index is 2.43. The second-order valence-electron chi connectivity index (χ2n) is 7.62. The van der Waals surface area contributed by atoms with Gasteiger partial charge in [0.1, 0.15) is 5.60 Å². The van der Waals surface area contributed by atoms with Crippen LogP contribution in [-0.2, 0) is 4.74 Å². The second-order valence-corrected chi connectivity index (χ2v) is 7.62. The molecule has 0 aromatic heterocycles. The van der Waals surface area contributed by atoms with Gasteiger partial charge in [0, 0.05) is 25.7 Å². The minimum Gasteiger partial charge on any atom is -0.444 e. The fourth-order valence-electron chi connectivity index (χ4n) is 2.31. The predicted octanol–water partition coefficient (Wildman–Crippen LogP) is 3.41. The Bertz CT molecular complexity index is 321. The van der Waals surface area contributed by atoms with E-state index in [9.17, 15) is 4.79 Å². The molecule has 1 rings (SSSR count). The van der Waals surface area contributed by atoms with Crippen LogP contribution in [0.5, 0.6) is 0 Å². The van der Waals surface area contributed by atoms with Gasteiger partial charge in [0.05, 0.1) is 0 Å². The van der Waals surface area contributed by atoms with Crippen LogP contribution in [0.15, 0.2) is 0 Å². The number of amides is 1. The van der Waals surface area contributed by atoms with Crippen molar-refractivity contribution < 1.29 is 9.53 Å². The molecule has 1 aliphatic heterocycles. The van der Waals surface area contributed by atoms with E-state index < -0.39 is 5.60 Å². The van der Waals surface area contributed by atoms with E-state index in [4.69, 9.17) is 4.74 Å². The first-order chi connectivity index (χ1) is 9.14. The van der Waals surface area contributed by atoms with Crippen molar-refractivity contribution in [3.63, 3.8) is 0 Å². The van der Waals surface area contributed by atoms with E-state index in [-0.39, 0.29) is 12.1 Å². The van der Waals surface area contributed by atoms with Gasteiger partial charge in [-0.05, 0) is 45.4 Å². The van der Waals surface area contributed by atoms with Crippen molar-refractivity contribution in [2.24, 2.45) is 5.41 Å². The number of ether oxygens (including phenoxy) is 1. The summed E-state index contributed by atoms with van der Waals surface area (Å²) in [7, 11) is 0. The number of rotatable bonds is 5. The predicted molar refractivity (Wildman–Crippen MR) is 82.9 cm³/mol. The van der Waals surface area contributed by atoms with Crippen LogP contribution in [0.25, 0.3) is 0 Å². The molecule has 20 heavy (non-hydrogen) atoms. The van der Waals surface area contributed by atoms with Crippen molar-refractivity contribution in [2.45, 2.75) is 72.4 Å². The Labute approximate surface area is 124 Å². The molecule has 1 aliphatic rings. The van der Waals surface area contributed by atoms with Crippen LogP contribution < -0.4 is 5.32 Å². The Morgan fingerprint density at radius 1 is 1.30 bits per heavy atom. The van der Waals surface area contributed by atoms with Crippen molar-refractivity contribution in [1.82, 2.24) is 10.2 Å². The number of hydrogen-bond donors (Lipinski definition) is 1. The first-order valence-electron chi connectivity index (χ1n) is 7.85. The van der Waals surface area contributed by atoms with E-state index in [0.29, 0.717) is 5.41 Å². The maximum Gasteiger partial charge on any atom is 0.410 e. The van der Waals surface area contributed by atoms with E-state index in [2.05, 4.69) is 26.1 Å². The molecule has 1 amide bonds. The topological polar surface area (TPSA) is 41.6 Å². The molecule has 1 unspecified atom stereocenters. The van der Waals surface area contributed by atoms with Crippen LogP contribution in [0.2, 0.25) is 0 Å². The summed E-state index contributed by atoms with van der Waals surface area (Å²) in [5, 5.41) is 3.52. The van der Waals surface area contributed by atoms with Crippen LogP contribution in [0.1, 0.15) is 60.8 Å². The summed E-state index contributed by atoms with van der Waals surface area (Å²) in [6, 6.07) is 0.275. The molecule has 4 heteroatoms.